The normalized spacial score (nSPS) is 31.4. The van der Waals surface area contributed by atoms with Gasteiger partial charge in [-0.25, -0.2) is 0 Å². The summed E-state index contributed by atoms with van der Waals surface area (Å²) in [5.41, 5.74) is 0.444. The number of allylic oxidation sites excluding steroid dienone is 1. The second-order valence-electron chi connectivity index (χ2n) is 5.69. The minimum Gasteiger partial charge on any atom is -0.495 e. The van der Waals surface area contributed by atoms with Gasteiger partial charge >= 0.3 is 0 Å². The van der Waals surface area contributed by atoms with Crippen LogP contribution in [0.3, 0.4) is 0 Å². The van der Waals surface area contributed by atoms with Crippen LogP contribution in [-0.4, -0.2) is 17.3 Å². The third kappa shape index (κ3) is 2.42. The van der Waals surface area contributed by atoms with Crippen molar-refractivity contribution in [2.75, 3.05) is 6.61 Å². The zero-order valence-corrected chi connectivity index (χ0v) is 11.3. The molecule has 2 heteroatoms. The minimum atomic E-state index is -0.792. The Balaban J connectivity index is 1.94. The first kappa shape index (κ1) is 12.7. The van der Waals surface area contributed by atoms with Gasteiger partial charge in [0, 0.05) is 5.92 Å². The van der Waals surface area contributed by atoms with E-state index in [9.17, 15) is 5.11 Å². The predicted molar refractivity (Wildman–Crippen MR) is 75.9 cm³/mol. The summed E-state index contributed by atoms with van der Waals surface area (Å²) in [4.78, 5) is 0. The molecule has 0 spiro atoms. The monoisotopic (exact) mass is 258 g/mol. The second kappa shape index (κ2) is 5.38. The van der Waals surface area contributed by atoms with E-state index in [1.54, 1.807) is 0 Å². The predicted octanol–water partition coefficient (Wildman–Crippen LogP) is 3.77. The molecule has 1 saturated carbocycles. The molecule has 1 N–H and O–H groups in total. The van der Waals surface area contributed by atoms with Gasteiger partial charge in [-0.2, -0.15) is 0 Å². The first-order chi connectivity index (χ1) is 9.31. The van der Waals surface area contributed by atoms with Crippen molar-refractivity contribution < 1.29 is 9.84 Å². The zero-order chi connectivity index (χ0) is 13.1. The fourth-order valence-electron chi connectivity index (χ4n) is 3.44. The molecule has 0 aromatic heterocycles. The van der Waals surface area contributed by atoms with Crippen LogP contribution >= 0.6 is 0 Å². The molecule has 2 nitrogen and oxygen atoms in total. The summed E-state index contributed by atoms with van der Waals surface area (Å²) in [5, 5.41) is 11.2. The van der Waals surface area contributed by atoms with Gasteiger partial charge in [-0.05, 0) is 37.3 Å². The summed E-state index contributed by atoms with van der Waals surface area (Å²) >= 11 is 0. The van der Waals surface area contributed by atoms with Crippen molar-refractivity contribution in [2.24, 2.45) is 0 Å². The third-order valence-corrected chi connectivity index (χ3v) is 4.44. The first-order valence-electron chi connectivity index (χ1n) is 7.41. The molecule has 1 aromatic rings. The molecular weight excluding hydrogens is 236 g/mol. The van der Waals surface area contributed by atoms with Crippen molar-refractivity contribution in [3.05, 3.63) is 47.7 Å². The Bertz CT molecular complexity index is 452. The van der Waals surface area contributed by atoms with Crippen molar-refractivity contribution >= 4 is 0 Å². The van der Waals surface area contributed by atoms with Crippen LogP contribution in [0.1, 0.15) is 50.0 Å². The number of benzene rings is 1. The fourth-order valence-corrected chi connectivity index (χ4v) is 3.44. The highest BCUT2D eigenvalue weighted by Gasteiger charge is 2.44. The Morgan fingerprint density at radius 1 is 1.11 bits per heavy atom. The van der Waals surface area contributed by atoms with Crippen molar-refractivity contribution in [1.82, 2.24) is 0 Å². The first-order valence-corrected chi connectivity index (χ1v) is 7.41. The van der Waals surface area contributed by atoms with Gasteiger partial charge in [0.1, 0.15) is 11.4 Å². The maximum Gasteiger partial charge on any atom is 0.128 e. The number of hydrogen-bond donors (Lipinski definition) is 1. The van der Waals surface area contributed by atoms with Crippen LogP contribution in [-0.2, 0) is 4.74 Å². The van der Waals surface area contributed by atoms with E-state index in [4.69, 9.17) is 4.74 Å². The average molecular weight is 258 g/mol. The van der Waals surface area contributed by atoms with Crippen LogP contribution in [0.4, 0.5) is 0 Å². The quantitative estimate of drug-likeness (QED) is 0.875. The topological polar surface area (TPSA) is 29.5 Å². The number of aliphatic hydroxyl groups is 1. The van der Waals surface area contributed by atoms with Gasteiger partial charge in [-0.1, -0.05) is 43.2 Å². The summed E-state index contributed by atoms with van der Waals surface area (Å²) < 4.78 is 5.78. The molecule has 1 heterocycles. The third-order valence-electron chi connectivity index (χ3n) is 4.44. The maximum absolute atomic E-state index is 11.2. The lowest BCUT2D eigenvalue weighted by Gasteiger charge is -2.42. The van der Waals surface area contributed by atoms with Gasteiger partial charge in [-0.3, -0.25) is 0 Å². The molecule has 1 aliphatic heterocycles. The second-order valence-corrected chi connectivity index (χ2v) is 5.69. The summed E-state index contributed by atoms with van der Waals surface area (Å²) in [7, 11) is 0. The number of ether oxygens (including phenoxy) is 1. The summed E-state index contributed by atoms with van der Waals surface area (Å²) in [6.07, 6.45) is 8.33. The number of rotatable bonds is 2. The summed E-state index contributed by atoms with van der Waals surface area (Å²) in [6.45, 7) is 0.746. The molecule has 2 atom stereocenters. The van der Waals surface area contributed by atoms with E-state index in [2.05, 4.69) is 30.3 Å². The van der Waals surface area contributed by atoms with Gasteiger partial charge in [0.15, 0.2) is 0 Å². The highest BCUT2D eigenvalue weighted by Crippen LogP contribution is 2.46. The summed E-state index contributed by atoms with van der Waals surface area (Å²) in [5.74, 6) is 0.999. The summed E-state index contributed by atoms with van der Waals surface area (Å²) in [6, 6.07) is 10.4. The van der Waals surface area contributed by atoms with Gasteiger partial charge in [0.25, 0.3) is 0 Å². The smallest absolute Gasteiger partial charge is 0.128 e. The Kier molecular flexibility index (Phi) is 3.61. The van der Waals surface area contributed by atoms with Crippen LogP contribution in [0.15, 0.2) is 42.2 Å². The molecular formula is C17H22O2. The molecule has 1 aliphatic carbocycles. The standard InChI is InChI=1S/C17H22O2/c18-17(16-11-5-7-13-19-16)12-6-4-10-15(17)14-8-2-1-3-9-14/h1-3,8-9,11,15,18H,4-7,10,12-13H2. The lowest BCUT2D eigenvalue weighted by atomic mass is 9.70. The van der Waals surface area contributed by atoms with E-state index >= 15 is 0 Å². The lowest BCUT2D eigenvalue weighted by molar-refractivity contribution is -0.0383. The van der Waals surface area contributed by atoms with E-state index in [-0.39, 0.29) is 5.92 Å². The lowest BCUT2D eigenvalue weighted by Crippen LogP contribution is -2.42. The van der Waals surface area contributed by atoms with Gasteiger partial charge in [0.05, 0.1) is 6.61 Å². The van der Waals surface area contributed by atoms with E-state index in [1.165, 1.54) is 12.0 Å². The van der Waals surface area contributed by atoms with Crippen molar-refractivity contribution in [3.8, 4) is 0 Å². The Hall–Kier alpha value is -1.28. The zero-order valence-electron chi connectivity index (χ0n) is 11.3. The maximum atomic E-state index is 11.2. The van der Waals surface area contributed by atoms with E-state index in [0.29, 0.717) is 0 Å². The van der Waals surface area contributed by atoms with Crippen LogP contribution in [0.2, 0.25) is 0 Å². The highest BCUT2D eigenvalue weighted by molar-refractivity contribution is 5.29. The van der Waals surface area contributed by atoms with Crippen molar-refractivity contribution in [3.63, 3.8) is 0 Å². The molecule has 0 amide bonds. The largest absolute Gasteiger partial charge is 0.495 e. The molecule has 0 bridgehead atoms. The molecule has 0 radical (unpaired) electrons. The molecule has 1 aromatic carbocycles. The van der Waals surface area contributed by atoms with Gasteiger partial charge < -0.3 is 9.84 Å². The molecule has 2 unspecified atom stereocenters. The van der Waals surface area contributed by atoms with Crippen molar-refractivity contribution in [2.45, 2.75) is 50.0 Å². The van der Waals surface area contributed by atoms with E-state index < -0.39 is 5.60 Å². The molecule has 0 saturated heterocycles. The van der Waals surface area contributed by atoms with Crippen LogP contribution in [0.5, 0.6) is 0 Å². The molecule has 3 rings (SSSR count). The SMILES string of the molecule is OC1(C2=CCCCO2)CCCCC1c1ccccc1. The Labute approximate surface area is 115 Å². The molecule has 102 valence electrons. The minimum absolute atomic E-state index is 0.173. The van der Waals surface area contributed by atoms with E-state index in [1.807, 2.05) is 6.07 Å². The fraction of sp³-hybridized carbons (Fsp3) is 0.529. The molecule has 19 heavy (non-hydrogen) atoms. The number of hydrogen-bond acceptors (Lipinski definition) is 2. The van der Waals surface area contributed by atoms with Crippen LogP contribution in [0.25, 0.3) is 0 Å². The molecule has 1 fully saturated rings. The van der Waals surface area contributed by atoms with Gasteiger partial charge in [0.2, 0.25) is 0 Å². The van der Waals surface area contributed by atoms with Crippen molar-refractivity contribution in [1.29, 1.82) is 0 Å². The van der Waals surface area contributed by atoms with E-state index in [0.717, 1.165) is 44.5 Å². The highest BCUT2D eigenvalue weighted by atomic mass is 16.5. The molecule has 2 aliphatic rings. The Morgan fingerprint density at radius 2 is 1.95 bits per heavy atom. The average Bonchev–Trinajstić information content (AvgIpc) is 2.49. The Morgan fingerprint density at radius 3 is 2.68 bits per heavy atom. The van der Waals surface area contributed by atoms with Gasteiger partial charge in [-0.15, -0.1) is 0 Å². The van der Waals surface area contributed by atoms with Crippen LogP contribution in [0, 0.1) is 0 Å². The van der Waals surface area contributed by atoms with Crippen LogP contribution < -0.4 is 0 Å².